The molecule has 2 aromatic rings. The predicted molar refractivity (Wildman–Crippen MR) is 105 cm³/mol. The highest BCUT2D eigenvalue weighted by molar-refractivity contribution is 7.18. The van der Waals surface area contributed by atoms with Crippen LogP contribution in [0.4, 0.5) is 10.7 Å². The molecular weight excluding hydrogens is 328 g/mol. The molecule has 2 aliphatic rings. The highest BCUT2D eigenvalue weighted by Crippen LogP contribution is 2.37. The van der Waals surface area contributed by atoms with Gasteiger partial charge in [0.1, 0.15) is 0 Å². The van der Waals surface area contributed by atoms with E-state index in [1.807, 2.05) is 6.07 Å². The van der Waals surface area contributed by atoms with Crippen LogP contribution in [0.15, 0.2) is 36.4 Å². The standard InChI is InChI=1S/C21H26N2OS/c24-21(22-17-10-3-1-2-4-11-17)19-13-14-20(25-19)23-15-7-9-16-8-5-6-12-18(16)23/h5-6,8,12-14,17H,1-4,7,9-11,15H2,(H,22,24). The van der Waals surface area contributed by atoms with E-state index in [1.165, 1.54) is 48.4 Å². The van der Waals surface area contributed by atoms with Crippen molar-refractivity contribution in [2.24, 2.45) is 0 Å². The smallest absolute Gasteiger partial charge is 0.261 e. The van der Waals surface area contributed by atoms with Gasteiger partial charge in [-0.05, 0) is 49.4 Å². The van der Waals surface area contributed by atoms with Crippen molar-refractivity contribution in [1.29, 1.82) is 0 Å². The Hall–Kier alpha value is -1.81. The number of anilines is 2. The quantitative estimate of drug-likeness (QED) is 0.760. The maximum absolute atomic E-state index is 12.6. The van der Waals surface area contributed by atoms with Crippen molar-refractivity contribution in [2.75, 3.05) is 11.4 Å². The van der Waals surface area contributed by atoms with Gasteiger partial charge < -0.3 is 10.2 Å². The van der Waals surface area contributed by atoms with Crippen LogP contribution < -0.4 is 10.2 Å². The number of carbonyl (C=O) groups excluding carboxylic acids is 1. The zero-order chi connectivity index (χ0) is 17.1. The van der Waals surface area contributed by atoms with Gasteiger partial charge in [-0.25, -0.2) is 0 Å². The zero-order valence-electron chi connectivity index (χ0n) is 14.7. The molecule has 0 unspecified atom stereocenters. The molecule has 0 radical (unpaired) electrons. The molecular formula is C21H26N2OS. The third-order valence-electron chi connectivity index (χ3n) is 5.38. The lowest BCUT2D eigenvalue weighted by atomic mass is 10.0. The Labute approximate surface area is 154 Å². The third-order valence-corrected chi connectivity index (χ3v) is 6.49. The molecule has 3 nitrogen and oxygen atoms in total. The van der Waals surface area contributed by atoms with Gasteiger partial charge in [0.15, 0.2) is 0 Å². The second kappa shape index (κ2) is 7.61. The molecule has 0 atom stereocenters. The molecule has 1 aromatic carbocycles. The van der Waals surface area contributed by atoms with Crippen molar-refractivity contribution in [3.63, 3.8) is 0 Å². The molecule has 1 N–H and O–H groups in total. The van der Waals surface area contributed by atoms with Crippen molar-refractivity contribution < 1.29 is 4.79 Å². The Kier molecular flexibility index (Phi) is 5.07. The SMILES string of the molecule is O=C(NC1CCCCCC1)c1ccc(N2CCCc3ccccc32)s1. The third kappa shape index (κ3) is 3.74. The molecule has 1 fully saturated rings. The van der Waals surface area contributed by atoms with Gasteiger partial charge in [-0.15, -0.1) is 11.3 Å². The van der Waals surface area contributed by atoms with Crippen LogP contribution in [0.5, 0.6) is 0 Å². The van der Waals surface area contributed by atoms with E-state index in [-0.39, 0.29) is 5.91 Å². The molecule has 132 valence electrons. The Bertz CT molecular complexity index is 731. The lowest BCUT2D eigenvalue weighted by molar-refractivity contribution is 0.0937. The molecule has 0 saturated heterocycles. The first-order valence-corrected chi connectivity index (χ1v) is 10.4. The second-order valence-electron chi connectivity index (χ2n) is 7.18. The van der Waals surface area contributed by atoms with E-state index >= 15 is 0 Å². The topological polar surface area (TPSA) is 32.3 Å². The van der Waals surface area contributed by atoms with E-state index < -0.39 is 0 Å². The molecule has 0 bridgehead atoms. The average Bonchev–Trinajstić information content (AvgIpc) is 3.00. The first-order chi connectivity index (χ1) is 12.3. The molecule has 1 aliphatic carbocycles. The van der Waals surface area contributed by atoms with Crippen molar-refractivity contribution in [3.8, 4) is 0 Å². The van der Waals surface area contributed by atoms with E-state index in [1.54, 1.807) is 11.3 Å². The summed E-state index contributed by atoms with van der Waals surface area (Å²) in [6.45, 7) is 1.03. The summed E-state index contributed by atoms with van der Waals surface area (Å²) in [5.41, 5.74) is 2.71. The first kappa shape index (κ1) is 16.6. The average molecular weight is 355 g/mol. The van der Waals surface area contributed by atoms with Crippen LogP contribution in [0.25, 0.3) is 0 Å². The molecule has 4 heteroatoms. The van der Waals surface area contributed by atoms with Gasteiger partial charge in [0, 0.05) is 18.3 Å². The molecule has 1 amide bonds. The number of benzene rings is 1. The number of amides is 1. The molecule has 4 rings (SSSR count). The maximum Gasteiger partial charge on any atom is 0.261 e. The predicted octanol–water partition coefficient (Wildman–Crippen LogP) is 5.29. The number of nitrogens with one attached hydrogen (secondary N) is 1. The molecule has 0 spiro atoms. The Balaban J connectivity index is 1.48. The highest BCUT2D eigenvalue weighted by Gasteiger charge is 2.21. The number of nitrogens with zero attached hydrogens (tertiary/aromatic N) is 1. The van der Waals surface area contributed by atoms with E-state index in [4.69, 9.17) is 0 Å². The summed E-state index contributed by atoms with van der Waals surface area (Å²) in [6, 6.07) is 13.1. The minimum atomic E-state index is 0.105. The number of para-hydroxylation sites is 1. The van der Waals surface area contributed by atoms with Gasteiger partial charge >= 0.3 is 0 Å². The van der Waals surface area contributed by atoms with Crippen LogP contribution in [0.3, 0.4) is 0 Å². The summed E-state index contributed by atoms with van der Waals surface area (Å²) >= 11 is 1.62. The number of fused-ring (bicyclic) bond motifs is 1. The number of rotatable bonds is 3. The fourth-order valence-electron chi connectivity index (χ4n) is 4.04. The Morgan fingerprint density at radius 1 is 1.00 bits per heavy atom. The first-order valence-electron chi connectivity index (χ1n) is 9.57. The fourth-order valence-corrected chi connectivity index (χ4v) is 4.99. The summed E-state index contributed by atoms with van der Waals surface area (Å²) in [5.74, 6) is 0.105. The van der Waals surface area contributed by atoms with Gasteiger partial charge in [-0.1, -0.05) is 43.9 Å². The van der Waals surface area contributed by atoms with Gasteiger partial charge in [-0.2, -0.15) is 0 Å². The normalized spacial score (nSPS) is 18.5. The summed E-state index contributed by atoms with van der Waals surface area (Å²) < 4.78 is 0. The number of aryl methyl sites for hydroxylation is 1. The van der Waals surface area contributed by atoms with Crippen LogP contribution in [-0.4, -0.2) is 18.5 Å². The summed E-state index contributed by atoms with van der Waals surface area (Å²) in [4.78, 5) is 15.9. The molecule has 1 aromatic heterocycles. The van der Waals surface area contributed by atoms with E-state index in [0.29, 0.717) is 6.04 Å². The van der Waals surface area contributed by atoms with E-state index in [0.717, 1.165) is 30.7 Å². The number of carbonyl (C=O) groups is 1. The van der Waals surface area contributed by atoms with Crippen molar-refractivity contribution >= 4 is 27.9 Å². The zero-order valence-corrected chi connectivity index (χ0v) is 15.5. The van der Waals surface area contributed by atoms with Crippen LogP contribution >= 0.6 is 11.3 Å². The maximum atomic E-state index is 12.6. The van der Waals surface area contributed by atoms with Gasteiger partial charge in [0.2, 0.25) is 0 Å². The number of hydrogen-bond acceptors (Lipinski definition) is 3. The monoisotopic (exact) mass is 354 g/mol. The van der Waals surface area contributed by atoms with Gasteiger partial charge in [0.05, 0.1) is 9.88 Å². The van der Waals surface area contributed by atoms with Crippen molar-refractivity contribution in [3.05, 3.63) is 46.8 Å². The minimum Gasteiger partial charge on any atom is -0.349 e. The number of thiophene rings is 1. The lowest BCUT2D eigenvalue weighted by Crippen LogP contribution is -2.33. The molecule has 25 heavy (non-hydrogen) atoms. The molecule has 1 saturated carbocycles. The minimum absolute atomic E-state index is 0.105. The van der Waals surface area contributed by atoms with Crippen LogP contribution in [0.1, 0.15) is 60.2 Å². The Morgan fingerprint density at radius 3 is 2.64 bits per heavy atom. The van der Waals surface area contributed by atoms with Crippen molar-refractivity contribution in [1.82, 2.24) is 5.32 Å². The largest absolute Gasteiger partial charge is 0.349 e. The molecule has 2 heterocycles. The van der Waals surface area contributed by atoms with Crippen molar-refractivity contribution in [2.45, 2.75) is 57.4 Å². The van der Waals surface area contributed by atoms with E-state index in [2.05, 4.69) is 40.5 Å². The second-order valence-corrected chi connectivity index (χ2v) is 8.25. The lowest BCUT2D eigenvalue weighted by Gasteiger charge is -2.30. The number of hydrogen-bond donors (Lipinski definition) is 1. The summed E-state index contributed by atoms with van der Waals surface area (Å²) in [5, 5.41) is 4.44. The van der Waals surface area contributed by atoms with Gasteiger partial charge in [0.25, 0.3) is 5.91 Å². The van der Waals surface area contributed by atoms with Crippen LogP contribution in [-0.2, 0) is 6.42 Å². The fraction of sp³-hybridized carbons (Fsp3) is 0.476. The molecule has 1 aliphatic heterocycles. The van der Waals surface area contributed by atoms with E-state index in [9.17, 15) is 4.79 Å². The van der Waals surface area contributed by atoms with Crippen LogP contribution in [0, 0.1) is 0 Å². The summed E-state index contributed by atoms with van der Waals surface area (Å²) in [6.07, 6.45) is 9.67. The van der Waals surface area contributed by atoms with Crippen LogP contribution in [0.2, 0.25) is 0 Å². The summed E-state index contributed by atoms with van der Waals surface area (Å²) in [7, 11) is 0. The Morgan fingerprint density at radius 2 is 1.80 bits per heavy atom. The highest BCUT2D eigenvalue weighted by atomic mass is 32.1. The van der Waals surface area contributed by atoms with Gasteiger partial charge in [-0.3, -0.25) is 4.79 Å².